The Morgan fingerprint density at radius 2 is 1.96 bits per heavy atom. The van der Waals surface area contributed by atoms with E-state index in [9.17, 15) is 4.79 Å². The number of aromatic nitrogens is 1. The molecular formula is C21H25N3O2. The van der Waals surface area contributed by atoms with Crippen LogP contribution in [0.3, 0.4) is 0 Å². The van der Waals surface area contributed by atoms with Crippen molar-refractivity contribution in [3.05, 3.63) is 60.2 Å². The van der Waals surface area contributed by atoms with Crippen molar-refractivity contribution in [2.75, 3.05) is 19.6 Å². The van der Waals surface area contributed by atoms with Crippen LogP contribution in [0.1, 0.15) is 41.4 Å². The fourth-order valence-electron chi connectivity index (χ4n) is 3.93. The molecule has 1 aliphatic heterocycles. The first-order valence-corrected chi connectivity index (χ1v) is 9.34. The van der Waals surface area contributed by atoms with Gasteiger partial charge < -0.3 is 14.3 Å². The van der Waals surface area contributed by atoms with E-state index in [1.165, 1.54) is 19.3 Å². The van der Waals surface area contributed by atoms with Crippen molar-refractivity contribution in [2.45, 2.75) is 25.3 Å². The Hall–Kier alpha value is -2.53. The average molecular weight is 351 g/mol. The summed E-state index contributed by atoms with van der Waals surface area (Å²) in [5.41, 5.74) is 1.79. The topological polar surface area (TPSA) is 50.4 Å². The van der Waals surface area contributed by atoms with Crippen molar-refractivity contribution in [2.24, 2.45) is 7.05 Å². The number of fused-ring (bicyclic) bond motifs is 1. The second-order valence-electron chi connectivity index (χ2n) is 7.01. The van der Waals surface area contributed by atoms with Gasteiger partial charge in [-0.3, -0.25) is 9.69 Å². The zero-order valence-electron chi connectivity index (χ0n) is 15.1. The highest BCUT2D eigenvalue weighted by atomic mass is 16.3. The number of carbonyl (C=O) groups is 1. The van der Waals surface area contributed by atoms with E-state index in [0.717, 1.165) is 35.3 Å². The number of amides is 1. The predicted molar refractivity (Wildman–Crippen MR) is 102 cm³/mol. The van der Waals surface area contributed by atoms with Crippen molar-refractivity contribution < 1.29 is 9.21 Å². The maximum atomic E-state index is 12.9. The number of nitrogens with zero attached hydrogens (tertiary/aromatic N) is 2. The lowest BCUT2D eigenvalue weighted by Crippen LogP contribution is -2.40. The molecule has 5 heteroatoms. The lowest BCUT2D eigenvalue weighted by atomic mass is 10.1. The maximum Gasteiger partial charge on any atom is 0.253 e. The monoisotopic (exact) mass is 351 g/mol. The number of hydrogen-bond donors (Lipinski definition) is 1. The van der Waals surface area contributed by atoms with E-state index in [1.807, 2.05) is 54.2 Å². The van der Waals surface area contributed by atoms with Crippen molar-refractivity contribution in [1.82, 2.24) is 14.8 Å². The van der Waals surface area contributed by atoms with Crippen molar-refractivity contribution in [3.8, 4) is 0 Å². The zero-order chi connectivity index (χ0) is 17.9. The summed E-state index contributed by atoms with van der Waals surface area (Å²) in [4.78, 5) is 15.3. The molecule has 0 unspecified atom stereocenters. The summed E-state index contributed by atoms with van der Waals surface area (Å²) < 4.78 is 7.66. The van der Waals surface area contributed by atoms with Gasteiger partial charge in [-0.2, -0.15) is 0 Å². The normalized spacial score (nSPS) is 16.7. The number of benzene rings is 1. The molecule has 1 saturated heterocycles. The number of rotatable bonds is 5. The minimum atomic E-state index is -0.0321. The molecule has 5 nitrogen and oxygen atoms in total. The Balaban J connectivity index is 1.52. The molecule has 1 aromatic carbocycles. The first-order valence-electron chi connectivity index (χ1n) is 9.34. The van der Waals surface area contributed by atoms with Gasteiger partial charge in [-0.1, -0.05) is 24.6 Å². The summed E-state index contributed by atoms with van der Waals surface area (Å²) in [5, 5.41) is 4.12. The third-order valence-electron chi connectivity index (χ3n) is 5.30. The molecule has 2 aromatic heterocycles. The molecule has 0 saturated carbocycles. The van der Waals surface area contributed by atoms with Crippen LogP contribution in [0.25, 0.3) is 10.9 Å². The van der Waals surface area contributed by atoms with Crippen molar-refractivity contribution in [1.29, 1.82) is 0 Å². The molecule has 1 aliphatic rings. The molecule has 136 valence electrons. The highest BCUT2D eigenvalue weighted by molar-refractivity contribution is 6.06. The average Bonchev–Trinajstić information content (AvgIpc) is 3.32. The number of piperidine rings is 1. The molecule has 0 bridgehead atoms. The van der Waals surface area contributed by atoms with E-state index in [2.05, 4.69) is 10.2 Å². The van der Waals surface area contributed by atoms with Crippen LogP contribution in [0.2, 0.25) is 0 Å². The third-order valence-corrected chi connectivity index (χ3v) is 5.30. The van der Waals surface area contributed by atoms with E-state index in [4.69, 9.17) is 4.42 Å². The van der Waals surface area contributed by atoms with Gasteiger partial charge in [0.25, 0.3) is 5.91 Å². The first-order chi connectivity index (χ1) is 12.7. The number of furan rings is 1. The van der Waals surface area contributed by atoms with Gasteiger partial charge in [-0.15, -0.1) is 0 Å². The molecule has 26 heavy (non-hydrogen) atoms. The number of hydrogen-bond acceptors (Lipinski definition) is 3. The summed E-state index contributed by atoms with van der Waals surface area (Å²) in [6.45, 7) is 2.65. The second-order valence-corrected chi connectivity index (χ2v) is 7.01. The van der Waals surface area contributed by atoms with E-state index in [-0.39, 0.29) is 11.9 Å². The van der Waals surface area contributed by atoms with Crippen LogP contribution >= 0.6 is 0 Å². The number of likely N-dealkylation sites (tertiary alicyclic amines) is 1. The predicted octanol–water partition coefficient (Wildman–Crippen LogP) is 3.73. The van der Waals surface area contributed by atoms with Crippen LogP contribution in [-0.2, 0) is 7.05 Å². The SMILES string of the molecule is Cn1cc(C(=O)NC[C@H](c2ccco2)N2CCCCC2)c2ccccc21. The van der Waals surface area contributed by atoms with Crippen LogP contribution < -0.4 is 5.32 Å². The quantitative estimate of drug-likeness (QED) is 0.762. The molecule has 1 atom stereocenters. The summed E-state index contributed by atoms with van der Waals surface area (Å²) in [6, 6.07) is 12.0. The summed E-state index contributed by atoms with van der Waals surface area (Å²) in [5.74, 6) is 0.889. The number of aryl methyl sites for hydroxylation is 1. The minimum Gasteiger partial charge on any atom is -0.468 e. The molecule has 4 rings (SSSR count). The molecule has 3 heterocycles. The maximum absolute atomic E-state index is 12.9. The zero-order valence-corrected chi connectivity index (χ0v) is 15.1. The number of para-hydroxylation sites is 1. The van der Waals surface area contributed by atoms with Gasteiger partial charge >= 0.3 is 0 Å². The van der Waals surface area contributed by atoms with Gasteiger partial charge in [0, 0.05) is 30.7 Å². The lowest BCUT2D eigenvalue weighted by molar-refractivity contribution is 0.0915. The van der Waals surface area contributed by atoms with Gasteiger partial charge in [0.15, 0.2) is 0 Å². The Kier molecular flexibility index (Phi) is 4.80. The molecule has 0 radical (unpaired) electrons. The van der Waals surface area contributed by atoms with Gasteiger partial charge in [0.05, 0.1) is 17.9 Å². The second kappa shape index (κ2) is 7.38. The Labute approximate surface area is 153 Å². The van der Waals surface area contributed by atoms with Crippen molar-refractivity contribution >= 4 is 16.8 Å². The number of carbonyl (C=O) groups excluding carboxylic acids is 1. The summed E-state index contributed by atoms with van der Waals surface area (Å²) >= 11 is 0. The van der Waals surface area contributed by atoms with Gasteiger partial charge in [-0.05, 0) is 44.1 Å². The molecule has 1 N–H and O–H groups in total. The van der Waals surface area contributed by atoms with Crippen molar-refractivity contribution in [3.63, 3.8) is 0 Å². The molecule has 0 spiro atoms. The van der Waals surface area contributed by atoms with E-state index >= 15 is 0 Å². The smallest absolute Gasteiger partial charge is 0.253 e. The highest BCUT2D eigenvalue weighted by Gasteiger charge is 2.25. The Bertz CT molecular complexity index is 876. The van der Waals surface area contributed by atoms with Crippen LogP contribution in [-0.4, -0.2) is 35.0 Å². The van der Waals surface area contributed by atoms with E-state index in [1.54, 1.807) is 6.26 Å². The minimum absolute atomic E-state index is 0.0321. The molecular weight excluding hydrogens is 326 g/mol. The first kappa shape index (κ1) is 16.9. The van der Waals surface area contributed by atoms with E-state index in [0.29, 0.717) is 6.54 Å². The lowest BCUT2D eigenvalue weighted by Gasteiger charge is -2.33. The van der Waals surface area contributed by atoms with Gasteiger partial charge in [0.2, 0.25) is 0 Å². The highest BCUT2D eigenvalue weighted by Crippen LogP contribution is 2.25. The molecule has 0 aliphatic carbocycles. The number of nitrogens with one attached hydrogen (secondary N) is 1. The summed E-state index contributed by atoms with van der Waals surface area (Å²) in [7, 11) is 1.97. The largest absolute Gasteiger partial charge is 0.468 e. The van der Waals surface area contributed by atoms with Crippen LogP contribution in [0.5, 0.6) is 0 Å². The Morgan fingerprint density at radius 3 is 2.73 bits per heavy atom. The third kappa shape index (κ3) is 3.27. The fraction of sp³-hybridized carbons (Fsp3) is 0.381. The van der Waals surface area contributed by atoms with E-state index < -0.39 is 0 Å². The van der Waals surface area contributed by atoms with Gasteiger partial charge in [0.1, 0.15) is 5.76 Å². The molecule has 1 amide bonds. The standard InChI is InChI=1S/C21H25N3O2/c1-23-15-17(16-8-3-4-9-18(16)23)21(25)22-14-19(20-10-7-13-26-20)24-11-5-2-6-12-24/h3-4,7-10,13,15,19H,2,5-6,11-12,14H2,1H3,(H,22,25)/t19-/m1/s1. The fourth-order valence-corrected chi connectivity index (χ4v) is 3.93. The van der Waals surface area contributed by atoms with Crippen LogP contribution in [0, 0.1) is 0 Å². The molecule has 1 fully saturated rings. The van der Waals surface area contributed by atoms with Crippen LogP contribution in [0.15, 0.2) is 53.3 Å². The van der Waals surface area contributed by atoms with Gasteiger partial charge in [-0.25, -0.2) is 0 Å². The summed E-state index contributed by atoms with van der Waals surface area (Å²) in [6.07, 6.45) is 7.30. The van der Waals surface area contributed by atoms with Crippen LogP contribution in [0.4, 0.5) is 0 Å². The molecule has 3 aromatic rings. The Morgan fingerprint density at radius 1 is 1.15 bits per heavy atom.